The molecule has 7 heteroatoms. The number of fused-ring (bicyclic) bond motifs is 1. The predicted octanol–water partition coefficient (Wildman–Crippen LogP) is 2.42. The van der Waals surface area contributed by atoms with Gasteiger partial charge in [0.15, 0.2) is 0 Å². The number of hydrogen-bond acceptors (Lipinski definition) is 5. The summed E-state index contributed by atoms with van der Waals surface area (Å²) in [5.41, 5.74) is 1.64. The van der Waals surface area contributed by atoms with Gasteiger partial charge in [-0.3, -0.25) is 24.1 Å². The van der Waals surface area contributed by atoms with Crippen molar-refractivity contribution in [1.82, 2.24) is 9.80 Å². The molecule has 6 nitrogen and oxygen atoms in total. The van der Waals surface area contributed by atoms with E-state index in [1.807, 2.05) is 30.3 Å². The molecule has 0 saturated carbocycles. The van der Waals surface area contributed by atoms with E-state index >= 15 is 0 Å². The van der Waals surface area contributed by atoms with Crippen molar-refractivity contribution < 1.29 is 19.2 Å². The van der Waals surface area contributed by atoms with Crippen molar-refractivity contribution >= 4 is 40.7 Å². The van der Waals surface area contributed by atoms with Crippen LogP contribution < -0.4 is 0 Å². The monoisotopic (exact) mass is 392 g/mol. The average molecular weight is 392 g/mol. The molecule has 1 saturated heterocycles. The third kappa shape index (κ3) is 2.84. The molecule has 4 rings (SSSR count). The molecule has 2 aromatic rings. The summed E-state index contributed by atoms with van der Waals surface area (Å²) >= 11 is 1.01. The lowest BCUT2D eigenvalue weighted by Gasteiger charge is -2.42. The van der Waals surface area contributed by atoms with E-state index in [-0.39, 0.29) is 17.4 Å². The predicted molar refractivity (Wildman–Crippen MR) is 105 cm³/mol. The maximum atomic E-state index is 12.8. The van der Waals surface area contributed by atoms with Crippen LogP contribution in [0.4, 0.5) is 0 Å². The Morgan fingerprint density at radius 3 is 2.07 bits per heavy atom. The summed E-state index contributed by atoms with van der Waals surface area (Å²) < 4.78 is 0. The molecule has 2 aliphatic heterocycles. The van der Waals surface area contributed by atoms with Gasteiger partial charge in [-0.25, -0.2) is 0 Å². The fraction of sp³-hybridized carbons (Fsp3) is 0.143. The Bertz CT molecular complexity index is 997. The van der Waals surface area contributed by atoms with E-state index in [0.717, 1.165) is 22.2 Å². The zero-order valence-electron chi connectivity index (χ0n) is 15.0. The van der Waals surface area contributed by atoms with Crippen LogP contribution in [-0.4, -0.2) is 51.5 Å². The van der Waals surface area contributed by atoms with E-state index in [9.17, 15) is 19.2 Å². The number of benzene rings is 2. The Kier molecular flexibility index (Phi) is 4.60. The normalized spacial score (nSPS) is 19.0. The maximum absolute atomic E-state index is 12.8. The van der Waals surface area contributed by atoms with Gasteiger partial charge in [0.05, 0.1) is 23.4 Å². The minimum Gasteiger partial charge on any atom is -0.304 e. The summed E-state index contributed by atoms with van der Waals surface area (Å²) in [4.78, 5) is 52.7. The van der Waals surface area contributed by atoms with Crippen molar-refractivity contribution in [2.24, 2.45) is 0 Å². The van der Waals surface area contributed by atoms with Gasteiger partial charge < -0.3 is 4.90 Å². The highest BCUT2D eigenvalue weighted by Gasteiger charge is 2.51. The van der Waals surface area contributed by atoms with E-state index in [4.69, 9.17) is 0 Å². The molecule has 0 spiro atoms. The molecule has 1 unspecified atom stereocenters. The lowest BCUT2D eigenvalue weighted by Crippen LogP contribution is -2.64. The van der Waals surface area contributed by atoms with Crippen LogP contribution in [0.2, 0.25) is 0 Å². The van der Waals surface area contributed by atoms with Crippen LogP contribution >= 0.6 is 11.8 Å². The fourth-order valence-corrected chi connectivity index (χ4v) is 3.75. The van der Waals surface area contributed by atoms with E-state index in [1.165, 1.54) is 4.90 Å². The number of carbonyl (C=O) groups is 4. The Hall–Kier alpha value is -3.19. The van der Waals surface area contributed by atoms with Crippen molar-refractivity contribution in [1.29, 1.82) is 0 Å². The van der Waals surface area contributed by atoms with Crippen molar-refractivity contribution in [2.75, 3.05) is 12.8 Å². The Morgan fingerprint density at radius 2 is 1.54 bits per heavy atom. The van der Waals surface area contributed by atoms with Gasteiger partial charge >= 0.3 is 0 Å². The number of amides is 3. The van der Waals surface area contributed by atoms with E-state index < -0.39 is 23.8 Å². The highest BCUT2D eigenvalue weighted by molar-refractivity contribution is 8.13. The summed E-state index contributed by atoms with van der Waals surface area (Å²) in [6, 6.07) is 14.8. The standard InChI is InChI=1S/C21H16N2O4S/c1-28-21(27)16(11-13-7-3-2-4-8-13)22-12-17(20(22)26)23-18(24)14-9-5-6-10-15(14)19(23)25/h2-11,17H,12H2,1H3/b16-11+. The lowest BCUT2D eigenvalue weighted by atomic mass is 10.0. The molecule has 140 valence electrons. The molecule has 0 aliphatic carbocycles. The molecule has 0 aromatic heterocycles. The fourth-order valence-electron chi connectivity index (χ4n) is 3.37. The zero-order chi connectivity index (χ0) is 19.8. The van der Waals surface area contributed by atoms with Gasteiger partial charge in [-0.15, -0.1) is 0 Å². The highest BCUT2D eigenvalue weighted by Crippen LogP contribution is 2.32. The van der Waals surface area contributed by atoms with Gasteiger partial charge in [0.2, 0.25) is 5.12 Å². The number of carbonyl (C=O) groups excluding carboxylic acids is 4. The van der Waals surface area contributed by atoms with Gasteiger partial charge in [0.25, 0.3) is 17.7 Å². The minimum atomic E-state index is -0.888. The summed E-state index contributed by atoms with van der Waals surface area (Å²) in [5.74, 6) is -1.37. The number of rotatable bonds is 4. The quantitative estimate of drug-likeness (QED) is 0.454. The summed E-state index contributed by atoms with van der Waals surface area (Å²) in [7, 11) is 0. The third-order valence-electron chi connectivity index (χ3n) is 4.83. The molecule has 28 heavy (non-hydrogen) atoms. The van der Waals surface area contributed by atoms with E-state index in [2.05, 4.69) is 0 Å². The van der Waals surface area contributed by atoms with Crippen LogP contribution in [0.3, 0.4) is 0 Å². The van der Waals surface area contributed by atoms with Gasteiger partial charge in [0.1, 0.15) is 6.04 Å². The molecular formula is C21H16N2O4S. The summed E-state index contributed by atoms with van der Waals surface area (Å²) in [5, 5.41) is -0.252. The molecular weight excluding hydrogens is 376 g/mol. The summed E-state index contributed by atoms with van der Waals surface area (Å²) in [6.45, 7) is 0.106. The first-order valence-corrected chi connectivity index (χ1v) is 9.88. The first-order valence-electron chi connectivity index (χ1n) is 8.66. The second-order valence-corrected chi connectivity index (χ2v) is 7.20. The van der Waals surface area contributed by atoms with Gasteiger partial charge in [-0.1, -0.05) is 54.2 Å². The van der Waals surface area contributed by atoms with Crippen molar-refractivity contribution in [2.45, 2.75) is 6.04 Å². The van der Waals surface area contributed by atoms with Crippen molar-refractivity contribution in [3.8, 4) is 0 Å². The average Bonchev–Trinajstić information content (AvgIpc) is 2.97. The molecule has 2 aromatic carbocycles. The number of nitrogens with zero attached hydrogens (tertiary/aromatic N) is 2. The molecule has 3 amide bonds. The smallest absolute Gasteiger partial charge is 0.262 e. The molecule has 2 heterocycles. The third-order valence-corrected chi connectivity index (χ3v) is 5.41. The van der Waals surface area contributed by atoms with Crippen LogP contribution in [0, 0.1) is 0 Å². The Labute approximate surface area is 165 Å². The maximum Gasteiger partial charge on any atom is 0.262 e. The Morgan fingerprint density at radius 1 is 0.964 bits per heavy atom. The van der Waals surface area contributed by atoms with E-state index in [1.54, 1.807) is 36.6 Å². The second kappa shape index (κ2) is 7.09. The van der Waals surface area contributed by atoms with Crippen LogP contribution in [-0.2, 0) is 9.59 Å². The van der Waals surface area contributed by atoms with Crippen molar-refractivity contribution in [3.05, 3.63) is 77.0 Å². The van der Waals surface area contributed by atoms with Gasteiger partial charge in [0, 0.05) is 0 Å². The first kappa shape index (κ1) is 18.2. The molecule has 1 fully saturated rings. The number of β-lactam (4-membered cyclic amide) rings is 1. The van der Waals surface area contributed by atoms with Crippen LogP contribution in [0.15, 0.2) is 60.3 Å². The van der Waals surface area contributed by atoms with Crippen LogP contribution in [0.1, 0.15) is 26.3 Å². The number of hydrogen-bond donors (Lipinski definition) is 0. The Balaban J connectivity index is 1.59. The largest absolute Gasteiger partial charge is 0.304 e. The summed E-state index contributed by atoms with van der Waals surface area (Å²) in [6.07, 6.45) is 3.29. The number of thioether (sulfide) groups is 1. The topological polar surface area (TPSA) is 74.8 Å². The molecule has 1 atom stereocenters. The SMILES string of the molecule is CSC(=O)/C(=C\c1ccccc1)N1CC(N2C(=O)c3ccccc3C2=O)C1=O. The molecule has 0 bridgehead atoms. The lowest BCUT2D eigenvalue weighted by molar-refractivity contribution is -0.145. The van der Waals surface area contributed by atoms with Gasteiger partial charge in [-0.05, 0) is 30.0 Å². The highest BCUT2D eigenvalue weighted by atomic mass is 32.2. The van der Waals surface area contributed by atoms with Crippen LogP contribution in [0.25, 0.3) is 6.08 Å². The molecule has 0 N–H and O–H groups in total. The number of imide groups is 1. The van der Waals surface area contributed by atoms with Crippen molar-refractivity contribution in [3.63, 3.8) is 0 Å². The first-order chi connectivity index (χ1) is 13.5. The molecule has 0 radical (unpaired) electrons. The molecule has 2 aliphatic rings. The van der Waals surface area contributed by atoms with Crippen LogP contribution in [0.5, 0.6) is 0 Å². The second-order valence-electron chi connectivity index (χ2n) is 6.42. The zero-order valence-corrected chi connectivity index (χ0v) is 15.8. The van der Waals surface area contributed by atoms with Gasteiger partial charge in [-0.2, -0.15) is 0 Å². The van der Waals surface area contributed by atoms with E-state index in [0.29, 0.717) is 11.1 Å². The number of likely N-dealkylation sites (tertiary alicyclic amines) is 1. The minimum absolute atomic E-state index is 0.106.